The molecule has 3 N–H and O–H groups in total. The van der Waals surface area contributed by atoms with Crippen molar-refractivity contribution in [2.24, 2.45) is 0 Å². The molecule has 1 saturated heterocycles. The van der Waals surface area contributed by atoms with Gasteiger partial charge < -0.3 is 20.6 Å². The van der Waals surface area contributed by atoms with Crippen LogP contribution in [0.1, 0.15) is 57.9 Å². The zero-order valence-corrected chi connectivity index (χ0v) is 21.0. The second-order valence-corrected chi connectivity index (χ2v) is 10.1. The zero-order chi connectivity index (χ0) is 23.9. The second kappa shape index (κ2) is 11.9. The van der Waals surface area contributed by atoms with Gasteiger partial charge in [-0.25, -0.2) is 4.98 Å². The largest absolute Gasteiger partial charge is 0.393 e. The molecule has 3 heterocycles. The summed E-state index contributed by atoms with van der Waals surface area (Å²) in [5, 5.41) is 17.0. The van der Waals surface area contributed by atoms with E-state index < -0.39 is 0 Å². The molecular weight excluding hydrogens is 426 g/mol. The van der Waals surface area contributed by atoms with Gasteiger partial charge in [-0.2, -0.15) is 4.98 Å². The second-order valence-electron chi connectivity index (χ2n) is 10.1. The van der Waals surface area contributed by atoms with Gasteiger partial charge in [0.25, 0.3) is 0 Å². The van der Waals surface area contributed by atoms with E-state index in [9.17, 15) is 5.11 Å². The Morgan fingerprint density at radius 3 is 2.50 bits per heavy atom. The number of pyridine rings is 1. The number of aliphatic hydroxyl groups excluding tert-OH is 1. The number of piperazine rings is 1. The molecule has 34 heavy (non-hydrogen) atoms. The number of nitrogens with zero attached hydrogens (tertiary/aromatic N) is 5. The lowest BCUT2D eigenvalue weighted by molar-refractivity contribution is 0.126. The van der Waals surface area contributed by atoms with Gasteiger partial charge in [0.1, 0.15) is 5.82 Å². The van der Waals surface area contributed by atoms with Crippen molar-refractivity contribution in [1.29, 1.82) is 0 Å². The van der Waals surface area contributed by atoms with Crippen LogP contribution < -0.4 is 10.6 Å². The summed E-state index contributed by atoms with van der Waals surface area (Å²) >= 11 is 0. The SMILES string of the molecule is CCCC(C)Nc1ncc(-c2ccc(CN3CCN(C)CC3)cn2)c(N[C@H]2CC[C@H](O)CC2)n1. The van der Waals surface area contributed by atoms with Gasteiger partial charge in [0.15, 0.2) is 0 Å². The minimum absolute atomic E-state index is 0.176. The normalized spacial score (nSPS) is 22.9. The molecule has 1 aliphatic heterocycles. The van der Waals surface area contributed by atoms with E-state index in [4.69, 9.17) is 9.97 Å². The number of hydrogen-bond donors (Lipinski definition) is 3. The Morgan fingerprint density at radius 1 is 1.06 bits per heavy atom. The summed E-state index contributed by atoms with van der Waals surface area (Å²) in [6, 6.07) is 4.89. The smallest absolute Gasteiger partial charge is 0.224 e. The molecule has 1 aliphatic carbocycles. The van der Waals surface area contributed by atoms with Gasteiger partial charge in [-0.1, -0.05) is 19.4 Å². The van der Waals surface area contributed by atoms with Crippen LogP contribution in [0.3, 0.4) is 0 Å². The van der Waals surface area contributed by atoms with Crippen LogP contribution in [0.2, 0.25) is 0 Å². The summed E-state index contributed by atoms with van der Waals surface area (Å²) in [6.07, 6.45) is 9.43. The van der Waals surface area contributed by atoms with Crippen LogP contribution >= 0.6 is 0 Å². The Balaban J connectivity index is 1.50. The maximum Gasteiger partial charge on any atom is 0.224 e. The molecule has 4 rings (SSSR count). The lowest BCUT2D eigenvalue weighted by atomic mass is 9.93. The van der Waals surface area contributed by atoms with Crippen LogP contribution in [-0.4, -0.2) is 81.3 Å². The predicted molar refractivity (Wildman–Crippen MR) is 138 cm³/mol. The first kappa shape index (κ1) is 24.8. The minimum atomic E-state index is -0.176. The van der Waals surface area contributed by atoms with E-state index in [1.54, 1.807) is 0 Å². The number of likely N-dealkylation sites (N-methyl/N-ethyl adjacent to an activating group) is 1. The molecule has 186 valence electrons. The summed E-state index contributed by atoms with van der Waals surface area (Å²) in [5.74, 6) is 1.47. The number of rotatable bonds is 9. The van der Waals surface area contributed by atoms with Gasteiger partial charge in [-0.05, 0) is 57.7 Å². The van der Waals surface area contributed by atoms with Crippen molar-refractivity contribution in [2.45, 2.75) is 77.1 Å². The van der Waals surface area contributed by atoms with Crippen LogP contribution in [-0.2, 0) is 6.54 Å². The number of nitrogens with one attached hydrogen (secondary N) is 2. The third-order valence-electron chi connectivity index (χ3n) is 7.03. The van der Waals surface area contributed by atoms with Gasteiger partial charge in [0, 0.05) is 57.2 Å². The fraction of sp³-hybridized carbons (Fsp3) is 0.654. The monoisotopic (exact) mass is 467 g/mol. The van der Waals surface area contributed by atoms with E-state index in [0.717, 1.165) is 88.3 Å². The van der Waals surface area contributed by atoms with Crippen molar-refractivity contribution in [3.8, 4) is 11.3 Å². The lowest BCUT2D eigenvalue weighted by Crippen LogP contribution is -2.43. The van der Waals surface area contributed by atoms with Crippen LogP contribution in [0.4, 0.5) is 11.8 Å². The summed E-state index contributed by atoms with van der Waals surface area (Å²) in [6.45, 7) is 9.72. The Bertz CT molecular complexity index is 891. The highest BCUT2D eigenvalue weighted by Gasteiger charge is 2.22. The third-order valence-corrected chi connectivity index (χ3v) is 7.03. The van der Waals surface area contributed by atoms with Crippen LogP contribution in [0.5, 0.6) is 0 Å². The summed E-state index contributed by atoms with van der Waals surface area (Å²) in [5.41, 5.74) is 3.04. The predicted octanol–water partition coefficient (Wildman–Crippen LogP) is 3.60. The highest BCUT2D eigenvalue weighted by molar-refractivity contribution is 5.73. The fourth-order valence-corrected chi connectivity index (χ4v) is 4.83. The van der Waals surface area contributed by atoms with Crippen LogP contribution in [0, 0.1) is 0 Å². The molecule has 0 amide bonds. The Morgan fingerprint density at radius 2 is 1.82 bits per heavy atom. The van der Waals surface area contributed by atoms with E-state index in [0.29, 0.717) is 18.0 Å². The lowest BCUT2D eigenvalue weighted by Gasteiger charge is -2.32. The number of anilines is 2. The Kier molecular flexibility index (Phi) is 8.69. The maximum atomic E-state index is 9.90. The van der Waals surface area contributed by atoms with E-state index in [1.807, 2.05) is 12.4 Å². The van der Waals surface area contributed by atoms with Crippen molar-refractivity contribution < 1.29 is 5.11 Å². The highest BCUT2D eigenvalue weighted by Crippen LogP contribution is 2.29. The average molecular weight is 468 g/mol. The Labute approximate surface area is 204 Å². The first-order valence-corrected chi connectivity index (χ1v) is 12.9. The van der Waals surface area contributed by atoms with Crippen molar-refractivity contribution in [3.63, 3.8) is 0 Å². The number of hydrogen-bond acceptors (Lipinski definition) is 8. The summed E-state index contributed by atoms with van der Waals surface area (Å²) in [4.78, 5) is 19.1. The zero-order valence-electron chi connectivity index (χ0n) is 21.0. The quantitative estimate of drug-likeness (QED) is 0.515. The third kappa shape index (κ3) is 6.87. The number of aromatic nitrogens is 3. The van der Waals surface area contributed by atoms with Gasteiger partial charge >= 0.3 is 0 Å². The van der Waals surface area contributed by atoms with E-state index in [2.05, 4.69) is 58.4 Å². The maximum absolute atomic E-state index is 9.90. The molecule has 0 spiro atoms. The number of aliphatic hydroxyl groups is 1. The molecule has 1 atom stereocenters. The van der Waals surface area contributed by atoms with Crippen LogP contribution in [0.25, 0.3) is 11.3 Å². The topological polar surface area (TPSA) is 89.4 Å². The standard InChI is InChI=1S/C26H41N7O/c1-4-5-19(2)29-26-28-17-23(25(31-26)30-21-7-9-22(34)10-8-21)24-11-6-20(16-27-24)18-33-14-12-32(3)13-15-33/h6,11,16-17,19,21-22,34H,4-5,7-10,12-15,18H2,1-3H3,(H2,28,29,30,31)/t19?,21-,22-. The molecular formula is C26H41N7O. The molecule has 0 aromatic carbocycles. The van der Waals surface area contributed by atoms with Crippen molar-refractivity contribution in [1.82, 2.24) is 24.8 Å². The Hall–Kier alpha value is -2.29. The molecule has 2 aromatic rings. The first-order chi connectivity index (χ1) is 16.5. The summed E-state index contributed by atoms with van der Waals surface area (Å²) < 4.78 is 0. The van der Waals surface area contributed by atoms with Gasteiger partial charge in [0.05, 0.1) is 17.4 Å². The summed E-state index contributed by atoms with van der Waals surface area (Å²) in [7, 11) is 2.18. The van der Waals surface area contributed by atoms with Gasteiger partial charge in [-0.15, -0.1) is 0 Å². The van der Waals surface area contributed by atoms with Crippen molar-refractivity contribution >= 4 is 11.8 Å². The molecule has 8 heteroatoms. The van der Waals surface area contributed by atoms with E-state index in [-0.39, 0.29) is 6.10 Å². The van der Waals surface area contributed by atoms with E-state index in [1.165, 1.54) is 5.56 Å². The van der Waals surface area contributed by atoms with E-state index >= 15 is 0 Å². The molecule has 0 bridgehead atoms. The molecule has 1 unspecified atom stereocenters. The van der Waals surface area contributed by atoms with Crippen molar-refractivity contribution in [2.75, 3.05) is 43.9 Å². The average Bonchev–Trinajstić information content (AvgIpc) is 2.83. The first-order valence-electron chi connectivity index (χ1n) is 12.9. The van der Waals surface area contributed by atoms with Gasteiger partial charge in [0.2, 0.25) is 5.95 Å². The molecule has 1 saturated carbocycles. The molecule has 0 radical (unpaired) electrons. The van der Waals surface area contributed by atoms with Crippen LogP contribution in [0.15, 0.2) is 24.5 Å². The highest BCUT2D eigenvalue weighted by atomic mass is 16.3. The molecule has 2 aromatic heterocycles. The molecule has 8 nitrogen and oxygen atoms in total. The fourth-order valence-electron chi connectivity index (χ4n) is 4.83. The van der Waals surface area contributed by atoms with Gasteiger partial charge in [-0.3, -0.25) is 9.88 Å². The minimum Gasteiger partial charge on any atom is -0.393 e. The molecule has 2 fully saturated rings. The van der Waals surface area contributed by atoms with Crippen molar-refractivity contribution in [3.05, 3.63) is 30.1 Å². The molecule has 2 aliphatic rings.